The topological polar surface area (TPSA) is 121 Å². The van der Waals surface area contributed by atoms with Crippen molar-refractivity contribution in [3.8, 4) is 0 Å². The van der Waals surface area contributed by atoms with Crippen LogP contribution in [0.2, 0.25) is 0 Å². The van der Waals surface area contributed by atoms with Crippen LogP contribution in [0.25, 0.3) is 0 Å². The molecule has 2 atom stereocenters. The molecule has 2 heterocycles. The molecule has 1 N–H and O–H groups in total. The molecule has 0 bridgehead atoms. The van der Waals surface area contributed by atoms with Crippen LogP contribution in [0.15, 0.2) is 58.9 Å². The molecule has 0 aromatic heterocycles. The maximum atomic E-state index is 13.2. The van der Waals surface area contributed by atoms with Gasteiger partial charge in [-0.05, 0) is 55.5 Å². The van der Waals surface area contributed by atoms with Gasteiger partial charge in [0.25, 0.3) is 11.8 Å². The van der Waals surface area contributed by atoms with E-state index >= 15 is 0 Å². The zero-order chi connectivity index (χ0) is 22.8. The van der Waals surface area contributed by atoms with Crippen molar-refractivity contribution in [2.45, 2.75) is 19.0 Å². The molecule has 0 unspecified atom stereocenters. The Morgan fingerprint density at radius 2 is 1.75 bits per heavy atom. The minimum atomic E-state index is -1.07. The Balaban J connectivity index is 1.41. The molecule has 2 aromatic rings. The van der Waals surface area contributed by atoms with E-state index in [1.165, 1.54) is 24.3 Å². The van der Waals surface area contributed by atoms with E-state index in [1.54, 1.807) is 19.1 Å². The number of imide groups is 1. The van der Waals surface area contributed by atoms with Crippen LogP contribution in [0.4, 0.5) is 15.8 Å². The number of nitrogens with zero attached hydrogens (tertiary/aromatic N) is 4. The van der Waals surface area contributed by atoms with E-state index in [0.29, 0.717) is 11.3 Å². The maximum absolute atomic E-state index is 13.2. The molecule has 0 saturated carbocycles. The molecule has 0 spiro atoms. The number of carbonyl (C=O) groups is 4. The summed E-state index contributed by atoms with van der Waals surface area (Å²) in [6.07, 6.45) is 0. The second-order valence-electron chi connectivity index (χ2n) is 7.03. The lowest BCUT2D eigenvalue weighted by molar-refractivity contribution is -0.123. The fraction of sp³-hybridized carbons (Fsp3) is 0.238. The third kappa shape index (κ3) is 3.92. The standard InChI is InChI=1S/C21H18FN5O5/c1-2-32-21(31)12-3-7-14(8-4-12)23-16(28)11-26-18-17(24-25-26)19(29)27(20(18)30)15-9-5-13(22)6-10-15/h3-10,17-18H,2,11H2,1H3,(H,23,28)/t17-,18+/m0/s1. The molecule has 0 aliphatic carbocycles. The number of esters is 1. The molecular weight excluding hydrogens is 421 g/mol. The first-order valence-corrected chi connectivity index (χ1v) is 9.77. The van der Waals surface area contributed by atoms with Gasteiger partial charge in [-0.15, -0.1) is 0 Å². The first-order valence-electron chi connectivity index (χ1n) is 9.77. The second kappa shape index (κ2) is 8.53. The van der Waals surface area contributed by atoms with Crippen LogP contribution in [-0.2, 0) is 19.1 Å². The minimum Gasteiger partial charge on any atom is -0.462 e. The highest BCUT2D eigenvalue weighted by Crippen LogP contribution is 2.31. The number of carbonyl (C=O) groups excluding carboxylic acids is 4. The summed E-state index contributed by atoms with van der Waals surface area (Å²) in [7, 11) is 0. The van der Waals surface area contributed by atoms with Crippen molar-refractivity contribution in [3.63, 3.8) is 0 Å². The molecule has 2 aliphatic rings. The van der Waals surface area contributed by atoms with Crippen LogP contribution < -0.4 is 10.2 Å². The first kappa shape index (κ1) is 21.1. The molecule has 32 heavy (non-hydrogen) atoms. The molecule has 2 aliphatic heterocycles. The van der Waals surface area contributed by atoms with Gasteiger partial charge in [0.2, 0.25) is 5.91 Å². The van der Waals surface area contributed by atoms with E-state index < -0.39 is 41.6 Å². The molecule has 1 fully saturated rings. The SMILES string of the molecule is CCOC(=O)c1ccc(NC(=O)CN2N=N[C@@H]3C(=O)N(c4ccc(F)cc4)C(=O)[C@@H]32)cc1. The number of anilines is 2. The van der Waals surface area contributed by atoms with Crippen molar-refractivity contribution in [1.82, 2.24) is 5.01 Å². The third-order valence-corrected chi connectivity index (χ3v) is 4.93. The molecular formula is C21H18FN5O5. The monoisotopic (exact) mass is 439 g/mol. The summed E-state index contributed by atoms with van der Waals surface area (Å²) in [4.78, 5) is 50.6. The number of nitrogens with one attached hydrogen (secondary N) is 1. The molecule has 4 rings (SSSR count). The summed E-state index contributed by atoms with van der Waals surface area (Å²) in [6.45, 7) is 1.64. The highest BCUT2D eigenvalue weighted by atomic mass is 19.1. The van der Waals surface area contributed by atoms with Gasteiger partial charge in [-0.1, -0.05) is 5.22 Å². The number of rotatable bonds is 6. The van der Waals surface area contributed by atoms with Gasteiger partial charge >= 0.3 is 5.97 Å². The van der Waals surface area contributed by atoms with Crippen LogP contribution >= 0.6 is 0 Å². The average molecular weight is 439 g/mol. The van der Waals surface area contributed by atoms with E-state index in [-0.39, 0.29) is 18.8 Å². The molecule has 11 heteroatoms. The van der Waals surface area contributed by atoms with Crippen LogP contribution in [0.1, 0.15) is 17.3 Å². The Kier molecular flexibility index (Phi) is 5.63. The van der Waals surface area contributed by atoms with E-state index in [1.807, 2.05) is 0 Å². The number of fused-ring (bicyclic) bond motifs is 1. The number of amides is 3. The summed E-state index contributed by atoms with van der Waals surface area (Å²) in [6, 6.07) is 8.92. The molecule has 2 aromatic carbocycles. The summed E-state index contributed by atoms with van der Waals surface area (Å²) in [5.74, 6) is -2.64. The zero-order valence-electron chi connectivity index (χ0n) is 16.9. The molecule has 0 radical (unpaired) electrons. The van der Waals surface area contributed by atoms with Crippen molar-refractivity contribution in [2.24, 2.45) is 10.3 Å². The lowest BCUT2D eigenvalue weighted by Gasteiger charge is -2.20. The lowest BCUT2D eigenvalue weighted by atomic mass is 10.1. The first-order chi connectivity index (χ1) is 15.4. The Labute approximate surface area is 181 Å². The molecule has 3 amide bonds. The van der Waals surface area contributed by atoms with Gasteiger partial charge in [0.05, 0.1) is 17.9 Å². The van der Waals surface area contributed by atoms with Gasteiger partial charge < -0.3 is 10.1 Å². The van der Waals surface area contributed by atoms with Crippen LogP contribution in [-0.4, -0.2) is 53.9 Å². The molecule has 1 saturated heterocycles. The number of benzene rings is 2. The van der Waals surface area contributed by atoms with Crippen molar-refractivity contribution in [3.05, 3.63) is 59.9 Å². The quantitative estimate of drug-likeness (QED) is 0.542. The van der Waals surface area contributed by atoms with E-state index in [9.17, 15) is 23.6 Å². The largest absolute Gasteiger partial charge is 0.462 e. The second-order valence-corrected chi connectivity index (χ2v) is 7.03. The van der Waals surface area contributed by atoms with Crippen molar-refractivity contribution >= 4 is 35.1 Å². The van der Waals surface area contributed by atoms with Crippen molar-refractivity contribution < 1.29 is 28.3 Å². The smallest absolute Gasteiger partial charge is 0.338 e. The molecule has 10 nitrogen and oxygen atoms in total. The lowest BCUT2D eigenvalue weighted by Crippen LogP contribution is -2.43. The number of hydrogen-bond donors (Lipinski definition) is 1. The van der Waals surface area contributed by atoms with Gasteiger partial charge in [0.15, 0.2) is 12.1 Å². The number of hydrogen-bond acceptors (Lipinski definition) is 8. The summed E-state index contributed by atoms with van der Waals surface area (Å²) < 4.78 is 18.1. The summed E-state index contributed by atoms with van der Waals surface area (Å²) >= 11 is 0. The van der Waals surface area contributed by atoms with E-state index in [2.05, 4.69) is 15.7 Å². The zero-order valence-corrected chi connectivity index (χ0v) is 16.9. The average Bonchev–Trinajstić information content (AvgIpc) is 3.29. The van der Waals surface area contributed by atoms with Crippen molar-refractivity contribution in [2.75, 3.05) is 23.4 Å². The summed E-state index contributed by atoms with van der Waals surface area (Å²) in [5, 5.41) is 11.4. The van der Waals surface area contributed by atoms with Crippen LogP contribution in [0, 0.1) is 5.82 Å². The maximum Gasteiger partial charge on any atom is 0.338 e. The minimum absolute atomic E-state index is 0.220. The predicted octanol–water partition coefficient (Wildman–Crippen LogP) is 1.93. The fourth-order valence-corrected chi connectivity index (χ4v) is 3.45. The van der Waals surface area contributed by atoms with E-state index in [4.69, 9.17) is 4.74 Å². The van der Waals surface area contributed by atoms with Gasteiger partial charge in [-0.25, -0.2) is 14.1 Å². The Bertz CT molecular complexity index is 1100. The highest BCUT2D eigenvalue weighted by Gasteiger charge is 2.55. The number of ether oxygens (including phenoxy) is 1. The predicted molar refractivity (Wildman–Crippen MR) is 109 cm³/mol. The van der Waals surface area contributed by atoms with Crippen LogP contribution in [0.5, 0.6) is 0 Å². The third-order valence-electron chi connectivity index (χ3n) is 4.93. The number of halogens is 1. The Hall–Kier alpha value is -4.15. The van der Waals surface area contributed by atoms with Crippen molar-refractivity contribution in [1.29, 1.82) is 0 Å². The van der Waals surface area contributed by atoms with Gasteiger partial charge in [-0.2, -0.15) is 5.11 Å². The summed E-state index contributed by atoms with van der Waals surface area (Å²) in [5.41, 5.74) is 0.992. The van der Waals surface area contributed by atoms with Gasteiger partial charge in [0.1, 0.15) is 12.4 Å². The van der Waals surface area contributed by atoms with Crippen LogP contribution in [0.3, 0.4) is 0 Å². The highest BCUT2D eigenvalue weighted by molar-refractivity contribution is 6.25. The molecule has 164 valence electrons. The Morgan fingerprint density at radius 3 is 2.41 bits per heavy atom. The van der Waals surface area contributed by atoms with Gasteiger partial charge in [-0.3, -0.25) is 19.4 Å². The van der Waals surface area contributed by atoms with E-state index in [0.717, 1.165) is 22.0 Å². The fourth-order valence-electron chi connectivity index (χ4n) is 3.45. The van der Waals surface area contributed by atoms with Gasteiger partial charge in [0, 0.05) is 5.69 Å². The normalized spacial score (nSPS) is 19.3. The Morgan fingerprint density at radius 1 is 1.06 bits per heavy atom.